The van der Waals surface area contributed by atoms with Crippen molar-refractivity contribution < 1.29 is 55.1 Å². The third-order valence-electron chi connectivity index (χ3n) is 1.44. The second kappa shape index (κ2) is 4.48. The van der Waals surface area contributed by atoms with Gasteiger partial charge in [-0.2, -0.15) is 10.5 Å². The molecular weight excluding hydrogens is 236 g/mol. The lowest BCUT2D eigenvalue weighted by molar-refractivity contribution is -0.348. The van der Waals surface area contributed by atoms with E-state index in [1.165, 1.54) is 0 Å². The van der Waals surface area contributed by atoms with Crippen LogP contribution in [0.15, 0.2) is 0 Å². The summed E-state index contributed by atoms with van der Waals surface area (Å²) in [7, 11) is 0. The van der Waals surface area contributed by atoms with Crippen molar-refractivity contribution >= 4 is 17.7 Å². The lowest BCUT2D eigenvalue weighted by atomic mass is 10.0. The minimum Gasteiger partial charge on any atom is -0.355 e. The highest BCUT2D eigenvalue weighted by Gasteiger charge is 2.63. The summed E-state index contributed by atoms with van der Waals surface area (Å²) in [5.74, 6) is -16.0. The molecule has 6 N–H and O–H groups in total. The molecule has 0 aliphatic carbocycles. The molecule has 0 aliphatic heterocycles. The maximum atomic E-state index is 10.7. The Balaban J connectivity index is 5.26. The maximum absolute atomic E-state index is 10.7. The maximum Gasteiger partial charge on any atom is 0.414 e. The van der Waals surface area contributed by atoms with E-state index in [0.717, 1.165) is 0 Å². The van der Waals surface area contributed by atoms with Gasteiger partial charge in [0.25, 0.3) is 0 Å². The number of carbonyl (C=O) groups excluding carboxylic acids is 3. The molecule has 11 nitrogen and oxygen atoms in total. The van der Waals surface area contributed by atoms with Gasteiger partial charge in [0.2, 0.25) is 0 Å². The first-order chi connectivity index (χ1) is 7.12. The Morgan fingerprint density at radius 3 is 1.56 bits per heavy atom. The predicted molar refractivity (Wildman–Crippen MR) is 36.8 cm³/mol. The second-order valence-corrected chi connectivity index (χ2v) is 2.43. The number of ketones is 1. The minimum atomic E-state index is -4.40. The van der Waals surface area contributed by atoms with Crippen LogP contribution in [0.25, 0.3) is 0 Å². The van der Waals surface area contributed by atoms with Crippen molar-refractivity contribution in [3.8, 4) is 0 Å². The van der Waals surface area contributed by atoms with Gasteiger partial charge in [-0.1, -0.05) is 0 Å². The highest BCUT2D eigenvalue weighted by Crippen LogP contribution is 2.20. The average molecular weight is 242 g/mol. The highest BCUT2D eigenvalue weighted by atomic mass is 17.1. The van der Waals surface area contributed by atoms with E-state index in [4.69, 9.17) is 30.9 Å². The van der Waals surface area contributed by atoms with E-state index in [9.17, 15) is 14.4 Å². The largest absolute Gasteiger partial charge is 0.414 e. The number of rotatable bonds is 4. The van der Waals surface area contributed by atoms with E-state index in [1.54, 1.807) is 0 Å². The van der Waals surface area contributed by atoms with E-state index >= 15 is 0 Å². The Morgan fingerprint density at radius 2 is 1.25 bits per heavy atom. The summed E-state index contributed by atoms with van der Waals surface area (Å²) in [6.45, 7) is 0. The third-order valence-corrected chi connectivity index (χ3v) is 1.44. The lowest BCUT2D eigenvalue weighted by Crippen LogP contribution is -2.65. The van der Waals surface area contributed by atoms with Crippen LogP contribution >= 0.6 is 0 Å². The van der Waals surface area contributed by atoms with Crippen LogP contribution < -0.4 is 0 Å². The monoisotopic (exact) mass is 242 g/mol. The van der Waals surface area contributed by atoms with E-state index in [0.29, 0.717) is 0 Å². The summed E-state index contributed by atoms with van der Waals surface area (Å²) < 4.78 is 0. The summed E-state index contributed by atoms with van der Waals surface area (Å²) in [5.41, 5.74) is 0. The van der Waals surface area contributed by atoms with Crippen molar-refractivity contribution in [3.63, 3.8) is 0 Å². The van der Waals surface area contributed by atoms with Crippen LogP contribution in [0, 0.1) is 0 Å². The van der Waals surface area contributed by atoms with Gasteiger partial charge in [-0.05, 0) is 0 Å². The molecule has 92 valence electrons. The molecular formula is C5H6O11. The van der Waals surface area contributed by atoms with E-state index in [-0.39, 0.29) is 0 Å². The SMILES string of the molecule is O=C(OO)C(=O)C(O)(O)C(O)(O)C(=O)OO. The van der Waals surface area contributed by atoms with Crippen LogP contribution in [-0.4, -0.2) is 60.2 Å². The molecule has 0 rings (SSSR count). The van der Waals surface area contributed by atoms with Crippen LogP contribution in [0.3, 0.4) is 0 Å². The fraction of sp³-hybridized carbons (Fsp3) is 0.400. The smallest absolute Gasteiger partial charge is 0.355 e. The molecule has 0 radical (unpaired) electrons. The Hall–Kier alpha value is -1.63. The summed E-state index contributed by atoms with van der Waals surface area (Å²) >= 11 is 0. The quantitative estimate of drug-likeness (QED) is 0.121. The molecule has 0 saturated carbocycles. The van der Waals surface area contributed by atoms with Gasteiger partial charge in [0, 0.05) is 0 Å². The number of carbonyl (C=O) groups is 3. The molecule has 0 atom stereocenters. The number of hydrogen-bond acceptors (Lipinski definition) is 11. The zero-order valence-corrected chi connectivity index (χ0v) is 7.22. The topological polar surface area (TPSA) is 191 Å². The van der Waals surface area contributed by atoms with Gasteiger partial charge in [-0.3, -0.25) is 14.6 Å². The second-order valence-electron chi connectivity index (χ2n) is 2.43. The summed E-state index contributed by atoms with van der Waals surface area (Å²) in [5, 5.41) is 50.5. The summed E-state index contributed by atoms with van der Waals surface area (Å²) in [4.78, 5) is 37.0. The van der Waals surface area contributed by atoms with Crippen molar-refractivity contribution in [2.45, 2.75) is 11.6 Å². The first-order valence-electron chi connectivity index (χ1n) is 3.28. The fourth-order valence-electron chi connectivity index (χ4n) is 0.548. The molecule has 0 aromatic heterocycles. The number of aliphatic hydroxyl groups is 4. The summed E-state index contributed by atoms with van der Waals surface area (Å²) in [6.07, 6.45) is 0. The molecule has 11 heteroatoms. The zero-order chi connectivity index (χ0) is 13.1. The first kappa shape index (κ1) is 14.4. The number of hydrogen-bond donors (Lipinski definition) is 6. The summed E-state index contributed by atoms with van der Waals surface area (Å²) in [6, 6.07) is 0. The predicted octanol–water partition coefficient (Wildman–Crippen LogP) is -4.05. The molecule has 16 heavy (non-hydrogen) atoms. The Kier molecular flexibility index (Phi) is 4.02. The molecule has 0 saturated heterocycles. The van der Waals surface area contributed by atoms with Gasteiger partial charge in [0.05, 0.1) is 0 Å². The molecule has 0 fully saturated rings. The molecule has 0 unspecified atom stereocenters. The standard InChI is InChI=1S/C5H6O11/c6-1(2(7)15-13)4(9,10)5(11,12)3(8)16-14/h9-14H. The van der Waals surface area contributed by atoms with Crippen molar-refractivity contribution in [1.29, 1.82) is 0 Å². The van der Waals surface area contributed by atoms with Crippen LogP contribution in [0.1, 0.15) is 0 Å². The average Bonchev–Trinajstić information content (AvgIpc) is 2.25. The van der Waals surface area contributed by atoms with Crippen molar-refractivity contribution in [3.05, 3.63) is 0 Å². The van der Waals surface area contributed by atoms with Crippen LogP contribution in [0.4, 0.5) is 0 Å². The zero-order valence-electron chi connectivity index (χ0n) is 7.22. The molecule has 0 amide bonds. The Bertz CT molecular complexity index is 314. The molecule has 0 bridgehead atoms. The lowest BCUT2D eigenvalue weighted by Gasteiger charge is -2.28. The van der Waals surface area contributed by atoms with Gasteiger partial charge in [0.15, 0.2) is 0 Å². The third kappa shape index (κ3) is 2.13. The first-order valence-corrected chi connectivity index (χ1v) is 3.28. The van der Waals surface area contributed by atoms with Crippen LogP contribution in [0.5, 0.6) is 0 Å². The van der Waals surface area contributed by atoms with Crippen molar-refractivity contribution in [1.82, 2.24) is 0 Å². The Labute approximate surface area is 85.5 Å². The normalized spacial score (nSPS) is 11.9. The number of Topliss-reactive ketones (excluding diaryl/α,β-unsaturated/α-hetero) is 1. The van der Waals surface area contributed by atoms with Crippen LogP contribution in [0.2, 0.25) is 0 Å². The van der Waals surface area contributed by atoms with Gasteiger partial charge >= 0.3 is 29.3 Å². The highest BCUT2D eigenvalue weighted by molar-refractivity contribution is 6.36. The van der Waals surface area contributed by atoms with Crippen LogP contribution in [-0.2, 0) is 24.2 Å². The van der Waals surface area contributed by atoms with Crippen molar-refractivity contribution in [2.75, 3.05) is 0 Å². The van der Waals surface area contributed by atoms with Gasteiger partial charge < -0.3 is 20.4 Å². The minimum absolute atomic E-state index is 2.30. The van der Waals surface area contributed by atoms with Crippen molar-refractivity contribution in [2.24, 2.45) is 0 Å². The van der Waals surface area contributed by atoms with E-state index < -0.39 is 29.3 Å². The Morgan fingerprint density at radius 1 is 0.812 bits per heavy atom. The van der Waals surface area contributed by atoms with E-state index in [2.05, 4.69) is 9.78 Å². The molecule has 0 aliphatic rings. The molecule has 0 spiro atoms. The molecule has 0 aromatic rings. The van der Waals surface area contributed by atoms with Gasteiger partial charge in [-0.15, -0.1) is 0 Å². The van der Waals surface area contributed by atoms with Gasteiger partial charge in [-0.25, -0.2) is 9.59 Å². The van der Waals surface area contributed by atoms with Gasteiger partial charge in [0.1, 0.15) is 0 Å². The fourth-order valence-corrected chi connectivity index (χ4v) is 0.548. The molecule has 0 heterocycles. The van der Waals surface area contributed by atoms with E-state index in [1.807, 2.05) is 0 Å². The molecule has 0 aromatic carbocycles.